The molecular weight excluding hydrogens is 130 g/mol. The molecule has 0 radical (unpaired) electrons. The summed E-state index contributed by atoms with van der Waals surface area (Å²) < 4.78 is 0. The lowest BCUT2D eigenvalue weighted by Crippen LogP contribution is -2.30. The molecule has 1 aliphatic heterocycles. The molecule has 3 heteroatoms. The van der Waals surface area contributed by atoms with Gasteiger partial charge in [0.25, 0.3) is 0 Å². The van der Waals surface area contributed by atoms with Gasteiger partial charge in [0.2, 0.25) is 0 Å². The summed E-state index contributed by atoms with van der Waals surface area (Å²) >= 11 is 0. The third-order valence-electron chi connectivity index (χ3n) is 1.43. The van der Waals surface area contributed by atoms with Gasteiger partial charge in [-0.1, -0.05) is 0 Å². The molecule has 0 saturated heterocycles. The van der Waals surface area contributed by atoms with E-state index in [-0.39, 0.29) is 0 Å². The van der Waals surface area contributed by atoms with Crippen molar-refractivity contribution in [2.24, 2.45) is 0 Å². The fourth-order valence-electron chi connectivity index (χ4n) is 0.793. The molecule has 0 aromatic heterocycles. The summed E-state index contributed by atoms with van der Waals surface area (Å²) in [7, 11) is 1.71. The van der Waals surface area contributed by atoms with Crippen molar-refractivity contribution in [3.05, 3.63) is 23.9 Å². The number of hydrogen-bond donors (Lipinski definition) is 1. The Bertz CT molecular complexity index is 196. The second kappa shape index (κ2) is 2.66. The predicted octanol–water partition coefficient (Wildman–Crippen LogP) is -0.111. The van der Waals surface area contributed by atoms with E-state index in [4.69, 9.17) is 0 Å². The molecule has 1 heterocycles. The Balaban J connectivity index is 2.81. The molecule has 0 amide bonds. The maximum atomic E-state index is 10.2. The van der Waals surface area contributed by atoms with Crippen LogP contribution in [0, 0.1) is 0 Å². The van der Waals surface area contributed by atoms with Gasteiger partial charge in [0.1, 0.15) is 0 Å². The van der Waals surface area contributed by atoms with Gasteiger partial charge in [0.15, 0.2) is 12.5 Å². The first-order valence-corrected chi connectivity index (χ1v) is 2.99. The van der Waals surface area contributed by atoms with Crippen LogP contribution in [0.25, 0.3) is 0 Å². The summed E-state index contributed by atoms with van der Waals surface area (Å²) in [4.78, 5) is 11.8. The second-order valence-corrected chi connectivity index (χ2v) is 2.17. The minimum Gasteiger partial charge on any atom is -0.369 e. The molecule has 1 atom stereocenters. The molecule has 0 bridgehead atoms. The van der Waals surface area contributed by atoms with Gasteiger partial charge in [0.05, 0.1) is 0 Å². The van der Waals surface area contributed by atoms with Gasteiger partial charge in [-0.15, -0.1) is 0 Å². The first-order valence-electron chi connectivity index (χ1n) is 2.99. The molecule has 0 aromatic carbocycles. The molecular formula is C7H9NO2. The zero-order chi connectivity index (χ0) is 7.56. The van der Waals surface area contributed by atoms with Crippen LogP contribution in [0.15, 0.2) is 23.9 Å². The van der Waals surface area contributed by atoms with Crippen LogP contribution in [0.2, 0.25) is 0 Å². The number of hydrogen-bond acceptors (Lipinski definition) is 3. The first-order chi connectivity index (χ1) is 4.75. The Morgan fingerprint density at radius 2 is 2.50 bits per heavy atom. The Morgan fingerprint density at radius 3 is 3.00 bits per heavy atom. The lowest BCUT2D eigenvalue weighted by atomic mass is 10.2. The quantitative estimate of drug-likeness (QED) is 0.515. The highest BCUT2D eigenvalue weighted by molar-refractivity contribution is 5.75. The van der Waals surface area contributed by atoms with E-state index in [0.717, 1.165) is 0 Å². The monoisotopic (exact) mass is 139 g/mol. The van der Waals surface area contributed by atoms with E-state index in [0.29, 0.717) is 11.9 Å². The number of aliphatic hydroxyl groups is 1. The molecule has 1 N–H and O–H groups in total. The fraction of sp³-hybridized carbons (Fsp3) is 0.286. The largest absolute Gasteiger partial charge is 0.369 e. The molecule has 1 rings (SSSR count). The number of likely N-dealkylation sites (N-methyl/N-ethyl adjacent to an activating group) is 1. The molecule has 10 heavy (non-hydrogen) atoms. The normalized spacial score (nSPS) is 24.4. The van der Waals surface area contributed by atoms with Crippen molar-refractivity contribution in [1.29, 1.82) is 0 Å². The average Bonchev–Trinajstić information content (AvgIpc) is 1.95. The molecule has 1 aliphatic rings. The van der Waals surface area contributed by atoms with E-state index < -0.39 is 6.23 Å². The third-order valence-corrected chi connectivity index (χ3v) is 1.43. The van der Waals surface area contributed by atoms with Crippen molar-refractivity contribution in [3.63, 3.8) is 0 Å². The highest BCUT2D eigenvalue weighted by atomic mass is 16.3. The predicted molar refractivity (Wildman–Crippen MR) is 37.1 cm³/mol. The molecule has 1 unspecified atom stereocenters. The van der Waals surface area contributed by atoms with Gasteiger partial charge in [-0.05, 0) is 12.2 Å². The van der Waals surface area contributed by atoms with Gasteiger partial charge in [-0.25, -0.2) is 0 Å². The van der Waals surface area contributed by atoms with Gasteiger partial charge >= 0.3 is 0 Å². The van der Waals surface area contributed by atoms with Gasteiger partial charge in [0, 0.05) is 18.8 Å². The minimum absolute atomic E-state index is 0.394. The lowest BCUT2D eigenvalue weighted by molar-refractivity contribution is -0.106. The van der Waals surface area contributed by atoms with Crippen LogP contribution in [-0.2, 0) is 4.79 Å². The smallest absolute Gasteiger partial charge is 0.155 e. The minimum atomic E-state index is -0.775. The highest BCUT2D eigenvalue weighted by Gasteiger charge is 2.14. The molecule has 0 aliphatic carbocycles. The third kappa shape index (κ3) is 1.09. The molecule has 54 valence electrons. The molecule has 3 nitrogen and oxygen atoms in total. The van der Waals surface area contributed by atoms with Crippen LogP contribution < -0.4 is 0 Å². The standard InChI is InChI=1S/C7H9NO2/c1-8-4-2-3-6(5-9)7(8)10/h2-5,7,10H,1H3. The number of aliphatic hydroxyl groups excluding tert-OH is 1. The van der Waals surface area contributed by atoms with Gasteiger partial charge in [-0.2, -0.15) is 0 Å². The molecule has 0 aromatic rings. The number of allylic oxidation sites excluding steroid dienone is 2. The average molecular weight is 139 g/mol. The fourth-order valence-corrected chi connectivity index (χ4v) is 0.793. The number of carbonyl (C=O) groups excluding carboxylic acids is 1. The van der Waals surface area contributed by atoms with Crippen LogP contribution >= 0.6 is 0 Å². The van der Waals surface area contributed by atoms with Crippen molar-refractivity contribution < 1.29 is 9.90 Å². The van der Waals surface area contributed by atoms with Crippen molar-refractivity contribution >= 4 is 6.29 Å². The lowest BCUT2D eigenvalue weighted by Gasteiger charge is -2.23. The zero-order valence-corrected chi connectivity index (χ0v) is 5.69. The van der Waals surface area contributed by atoms with E-state index in [9.17, 15) is 9.90 Å². The Kier molecular flexibility index (Phi) is 1.87. The van der Waals surface area contributed by atoms with E-state index in [1.807, 2.05) is 0 Å². The van der Waals surface area contributed by atoms with E-state index in [2.05, 4.69) is 0 Å². The summed E-state index contributed by atoms with van der Waals surface area (Å²) in [6, 6.07) is 0. The second-order valence-electron chi connectivity index (χ2n) is 2.17. The van der Waals surface area contributed by atoms with E-state index in [1.54, 1.807) is 30.3 Å². The molecule has 0 fully saturated rings. The number of rotatable bonds is 1. The Hall–Kier alpha value is -1.09. The van der Waals surface area contributed by atoms with Crippen LogP contribution in [0.3, 0.4) is 0 Å². The van der Waals surface area contributed by atoms with Crippen LogP contribution in [0.4, 0.5) is 0 Å². The van der Waals surface area contributed by atoms with Crippen molar-refractivity contribution in [3.8, 4) is 0 Å². The van der Waals surface area contributed by atoms with Crippen molar-refractivity contribution in [2.45, 2.75) is 6.23 Å². The topological polar surface area (TPSA) is 40.5 Å². The van der Waals surface area contributed by atoms with Crippen molar-refractivity contribution in [1.82, 2.24) is 4.90 Å². The van der Waals surface area contributed by atoms with Crippen LogP contribution in [-0.4, -0.2) is 29.6 Å². The van der Waals surface area contributed by atoms with Crippen LogP contribution in [0.1, 0.15) is 0 Å². The van der Waals surface area contributed by atoms with Gasteiger partial charge < -0.3 is 10.0 Å². The summed E-state index contributed by atoms with van der Waals surface area (Å²) in [6.45, 7) is 0. The SMILES string of the molecule is CN1C=CC=C(C=O)C1O. The molecule has 0 saturated carbocycles. The number of aldehydes is 1. The summed E-state index contributed by atoms with van der Waals surface area (Å²) in [5, 5.41) is 9.21. The summed E-state index contributed by atoms with van der Waals surface area (Å²) in [5.41, 5.74) is 0.394. The maximum absolute atomic E-state index is 10.2. The highest BCUT2D eigenvalue weighted by Crippen LogP contribution is 2.09. The number of carbonyl (C=O) groups is 1. The summed E-state index contributed by atoms with van der Waals surface area (Å²) in [5.74, 6) is 0. The van der Waals surface area contributed by atoms with Crippen molar-refractivity contribution in [2.75, 3.05) is 7.05 Å². The van der Waals surface area contributed by atoms with Crippen LogP contribution in [0.5, 0.6) is 0 Å². The maximum Gasteiger partial charge on any atom is 0.155 e. The zero-order valence-electron chi connectivity index (χ0n) is 5.69. The first kappa shape index (κ1) is 7.02. The Morgan fingerprint density at radius 1 is 1.80 bits per heavy atom. The summed E-state index contributed by atoms with van der Waals surface area (Å²) in [6.07, 6.45) is 4.90. The molecule has 0 spiro atoms. The van der Waals surface area contributed by atoms with E-state index in [1.165, 1.54) is 0 Å². The number of nitrogens with zero attached hydrogens (tertiary/aromatic N) is 1. The Labute approximate surface area is 59.3 Å². The van der Waals surface area contributed by atoms with Gasteiger partial charge in [-0.3, -0.25) is 4.79 Å². The van der Waals surface area contributed by atoms with E-state index >= 15 is 0 Å².